The Morgan fingerprint density at radius 2 is 1.50 bits per heavy atom. The highest BCUT2D eigenvalue weighted by molar-refractivity contribution is 6.36. The number of carbonyl (C=O) groups excluding carboxylic acids is 3. The minimum absolute atomic E-state index is 0.175. The van der Waals surface area contributed by atoms with Crippen LogP contribution in [0.25, 0.3) is 10.8 Å². The van der Waals surface area contributed by atoms with Gasteiger partial charge in [0.15, 0.2) is 0 Å². The molecule has 4 aromatic carbocycles. The molecule has 0 saturated heterocycles. The average molecular weight is 422 g/mol. The van der Waals surface area contributed by atoms with E-state index in [9.17, 15) is 14.4 Å². The fourth-order valence-corrected chi connectivity index (χ4v) is 3.96. The molecule has 0 spiro atoms. The first-order chi connectivity index (χ1) is 15.6. The highest BCUT2D eigenvalue weighted by atomic mass is 16.5. The molecule has 3 amide bonds. The number of para-hydroxylation sites is 1. The minimum atomic E-state index is -0.474. The smallest absolute Gasteiger partial charge is 0.268 e. The zero-order valence-electron chi connectivity index (χ0n) is 17.2. The number of methoxy groups -OCH3 is 1. The van der Waals surface area contributed by atoms with Crippen LogP contribution in [0.2, 0.25) is 0 Å². The van der Waals surface area contributed by atoms with Crippen molar-refractivity contribution in [1.29, 1.82) is 0 Å². The first-order valence-electron chi connectivity index (χ1n) is 10.0. The van der Waals surface area contributed by atoms with E-state index in [1.807, 2.05) is 30.3 Å². The number of hydrogen-bond donors (Lipinski definition) is 1. The fourth-order valence-electron chi connectivity index (χ4n) is 3.96. The quantitative estimate of drug-likeness (QED) is 0.475. The number of carbonyl (C=O) groups is 3. The van der Waals surface area contributed by atoms with Crippen LogP contribution in [0.4, 0.5) is 11.4 Å². The summed E-state index contributed by atoms with van der Waals surface area (Å²) in [6.07, 6.45) is 0. The number of amides is 3. The predicted molar refractivity (Wildman–Crippen MR) is 122 cm³/mol. The van der Waals surface area contributed by atoms with Crippen molar-refractivity contribution in [3.05, 3.63) is 102 Å². The number of nitrogens with zero attached hydrogens (tertiary/aromatic N) is 1. The summed E-state index contributed by atoms with van der Waals surface area (Å²) in [7, 11) is 1.50. The number of nitrogens with one attached hydrogen (secondary N) is 1. The van der Waals surface area contributed by atoms with Crippen LogP contribution >= 0.6 is 0 Å². The lowest BCUT2D eigenvalue weighted by Gasteiger charge is -2.14. The Kier molecular flexibility index (Phi) is 4.67. The summed E-state index contributed by atoms with van der Waals surface area (Å²) < 4.78 is 5.43. The molecule has 1 aliphatic heterocycles. The van der Waals surface area contributed by atoms with Gasteiger partial charge >= 0.3 is 0 Å². The van der Waals surface area contributed by atoms with E-state index in [0.29, 0.717) is 17.0 Å². The van der Waals surface area contributed by atoms with Crippen LogP contribution in [-0.4, -0.2) is 24.8 Å². The molecule has 6 nitrogen and oxygen atoms in total. The molecule has 5 rings (SSSR count). The lowest BCUT2D eigenvalue weighted by Crippen LogP contribution is -2.29. The van der Waals surface area contributed by atoms with E-state index in [4.69, 9.17) is 4.74 Å². The highest BCUT2D eigenvalue weighted by Gasteiger charge is 2.38. The van der Waals surface area contributed by atoms with Crippen molar-refractivity contribution in [3.63, 3.8) is 0 Å². The molecular formula is C26H18N2O4. The van der Waals surface area contributed by atoms with E-state index in [1.54, 1.807) is 54.6 Å². The van der Waals surface area contributed by atoms with E-state index in [-0.39, 0.29) is 16.8 Å². The molecule has 0 radical (unpaired) electrons. The fraction of sp³-hybridized carbons (Fsp3) is 0.0385. The van der Waals surface area contributed by atoms with Crippen LogP contribution in [0, 0.1) is 0 Å². The van der Waals surface area contributed by atoms with Gasteiger partial charge in [0.05, 0.1) is 35.2 Å². The highest BCUT2D eigenvalue weighted by Crippen LogP contribution is 2.34. The second kappa shape index (κ2) is 7.67. The van der Waals surface area contributed by atoms with Crippen LogP contribution in [-0.2, 0) is 0 Å². The minimum Gasteiger partial charge on any atom is -0.496 e. The van der Waals surface area contributed by atoms with Crippen LogP contribution in [0.1, 0.15) is 31.1 Å². The van der Waals surface area contributed by atoms with Crippen molar-refractivity contribution in [2.45, 2.75) is 0 Å². The van der Waals surface area contributed by atoms with E-state index in [0.717, 1.165) is 15.7 Å². The molecule has 0 atom stereocenters. The zero-order chi connectivity index (χ0) is 22.2. The third kappa shape index (κ3) is 3.09. The van der Waals surface area contributed by atoms with Crippen LogP contribution in [0.3, 0.4) is 0 Å². The molecule has 156 valence electrons. The average Bonchev–Trinajstić information content (AvgIpc) is 3.09. The molecule has 0 unspecified atom stereocenters. The maximum absolute atomic E-state index is 13.2. The largest absolute Gasteiger partial charge is 0.496 e. The second-order valence-corrected chi connectivity index (χ2v) is 7.36. The van der Waals surface area contributed by atoms with Crippen molar-refractivity contribution in [2.75, 3.05) is 17.3 Å². The number of benzene rings is 4. The number of ether oxygens (including phenoxy) is 1. The Morgan fingerprint density at radius 1 is 0.812 bits per heavy atom. The summed E-state index contributed by atoms with van der Waals surface area (Å²) in [5.74, 6) is -0.908. The summed E-state index contributed by atoms with van der Waals surface area (Å²) in [5.41, 5.74) is 1.52. The molecule has 1 heterocycles. The number of hydrogen-bond acceptors (Lipinski definition) is 4. The standard InChI is InChI=1S/C26H18N2O4/c1-32-22-15-17-9-6-5-8-16(17)14-20(22)24(29)27-21-13-7-12-19-23(21)26(31)28(25(19)30)18-10-3-2-4-11-18/h2-15H,1H3,(H,27,29). The Hall–Kier alpha value is -4.45. The lowest BCUT2D eigenvalue weighted by molar-refractivity contribution is 0.0926. The SMILES string of the molecule is COc1cc2ccccc2cc1C(=O)Nc1cccc2c1C(=O)N(c1ccccc1)C2=O. The Bertz CT molecular complexity index is 1400. The monoisotopic (exact) mass is 422 g/mol. The van der Waals surface area contributed by atoms with Crippen LogP contribution in [0.15, 0.2) is 84.9 Å². The number of fused-ring (bicyclic) bond motifs is 2. The van der Waals surface area contributed by atoms with Gasteiger partial charge in [0.2, 0.25) is 0 Å². The molecule has 0 bridgehead atoms. The Morgan fingerprint density at radius 3 is 2.22 bits per heavy atom. The summed E-state index contributed by atoms with van der Waals surface area (Å²) in [6, 6.07) is 24.8. The van der Waals surface area contributed by atoms with E-state index in [2.05, 4.69) is 5.32 Å². The molecule has 32 heavy (non-hydrogen) atoms. The van der Waals surface area contributed by atoms with Crippen molar-refractivity contribution in [2.24, 2.45) is 0 Å². The van der Waals surface area contributed by atoms with E-state index in [1.165, 1.54) is 7.11 Å². The molecule has 6 heteroatoms. The number of anilines is 2. The Balaban J connectivity index is 1.53. The second-order valence-electron chi connectivity index (χ2n) is 7.36. The molecule has 0 saturated carbocycles. The van der Waals surface area contributed by atoms with Gasteiger partial charge in [-0.05, 0) is 47.2 Å². The van der Waals surface area contributed by atoms with E-state index < -0.39 is 17.7 Å². The third-order valence-corrected chi connectivity index (χ3v) is 5.49. The van der Waals surface area contributed by atoms with Gasteiger partial charge in [-0.3, -0.25) is 14.4 Å². The first kappa shape index (κ1) is 19.5. The summed E-state index contributed by atoms with van der Waals surface area (Å²) in [5, 5.41) is 4.63. The zero-order valence-corrected chi connectivity index (χ0v) is 17.2. The van der Waals surface area contributed by atoms with Crippen molar-refractivity contribution >= 4 is 39.9 Å². The maximum atomic E-state index is 13.2. The van der Waals surface area contributed by atoms with Crippen molar-refractivity contribution in [1.82, 2.24) is 0 Å². The van der Waals surface area contributed by atoms with Gasteiger partial charge < -0.3 is 10.1 Å². The molecule has 0 fully saturated rings. The Labute approximate surface area is 184 Å². The summed E-state index contributed by atoms with van der Waals surface area (Å²) in [4.78, 5) is 40.4. The molecule has 0 aromatic heterocycles. The third-order valence-electron chi connectivity index (χ3n) is 5.49. The van der Waals surface area contributed by atoms with Crippen LogP contribution in [0.5, 0.6) is 5.75 Å². The van der Waals surface area contributed by atoms with Gasteiger partial charge in [-0.2, -0.15) is 0 Å². The topological polar surface area (TPSA) is 75.7 Å². The summed E-state index contributed by atoms with van der Waals surface area (Å²) >= 11 is 0. The van der Waals surface area contributed by atoms with Crippen molar-refractivity contribution in [3.8, 4) is 5.75 Å². The van der Waals surface area contributed by atoms with Gasteiger partial charge in [-0.15, -0.1) is 0 Å². The molecular weight excluding hydrogens is 404 g/mol. The summed E-state index contributed by atoms with van der Waals surface area (Å²) in [6.45, 7) is 0. The predicted octanol–water partition coefficient (Wildman–Crippen LogP) is 4.90. The number of imide groups is 1. The van der Waals surface area contributed by atoms with Gasteiger partial charge in [0.25, 0.3) is 17.7 Å². The molecule has 4 aromatic rings. The maximum Gasteiger partial charge on any atom is 0.268 e. The lowest BCUT2D eigenvalue weighted by atomic mass is 10.0. The van der Waals surface area contributed by atoms with Gasteiger partial charge in [-0.25, -0.2) is 4.90 Å². The van der Waals surface area contributed by atoms with Gasteiger partial charge in [0, 0.05) is 0 Å². The van der Waals surface area contributed by atoms with E-state index >= 15 is 0 Å². The van der Waals surface area contributed by atoms with Crippen LogP contribution < -0.4 is 15.0 Å². The normalized spacial score (nSPS) is 12.7. The van der Waals surface area contributed by atoms with Crippen molar-refractivity contribution < 1.29 is 19.1 Å². The first-order valence-corrected chi connectivity index (χ1v) is 10.0. The number of rotatable bonds is 4. The molecule has 1 N–H and O–H groups in total. The molecule has 0 aliphatic carbocycles. The molecule has 1 aliphatic rings. The van der Waals surface area contributed by atoms with Gasteiger partial charge in [0.1, 0.15) is 5.75 Å². The van der Waals surface area contributed by atoms with Gasteiger partial charge in [-0.1, -0.05) is 48.5 Å².